The van der Waals surface area contributed by atoms with Crippen molar-refractivity contribution in [1.82, 2.24) is 4.98 Å². The Hall–Kier alpha value is -2.17. The van der Waals surface area contributed by atoms with Crippen molar-refractivity contribution >= 4 is 23.8 Å². The lowest BCUT2D eigenvalue weighted by Crippen LogP contribution is -2.07. The number of aliphatic carboxylic acids is 1. The summed E-state index contributed by atoms with van der Waals surface area (Å²) in [6.07, 6.45) is 2.34. The number of carbonyl (C=O) groups excluding carboxylic acids is 1. The van der Waals surface area contributed by atoms with Crippen LogP contribution in [0, 0.1) is 0 Å². The molecule has 0 spiro atoms. The van der Waals surface area contributed by atoms with Gasteiger partial charge in [-0.25, -0.2) is 9.78 Å². The Labute approximate surface area is 86.5 Å². The summed E-state index contributed by atoms with van der Waals surface area (Å²) in [5, 5.41) is 10.9. The number of hydrogen-bond donors (Lipinski definition) is 2. The predicted molar refractivity (Wildman–Crippen MR) is 55.2 cm³/mol. The molecule has 0 aliphatic carbocycles. The van der Waals surface area contributed by atoms with Crippen LogP contribution in [-0.2, 0) is 9.59 Å². The third-order valence-electron chi connectivity index (χ3n) is 1.47. The highest BCUT2D eigenvalue weighted by molar-refractivity contribution is 5.88. The second-order valence-corrected chi connectivity index (χ2v) is 2.80. The van der Waals surface area contributed by atoms with E-state index in [1.807, 2.05) is 0 Å². The Balaban J connectivity index is 2.82. The number of amides is 1. The summed E-state index contributed by atoms with van der Waals surface area (Å²) >= 11 is 0. The monoisotopic (exact) mass is 206 g/mol. The van der Waals surface area contributed by atoms with E-state index in [1.165, 1.54) is 13.0 Å². The molecule has 0 aliphatic rings. The highest BCUT2D eigenvalue weighted by atomic mass is 16.4. The average molecular weight is 206 g/mol. The second kappa shape index (κ2) is 4.90. The maximum absolute atomic E-state index is 10.7. The third kappa shape index (κ3) is 4.04. The zero-order valence-corrected chi connectivity index (χ0v) is 8.10. The normalized spacial score (nSPS) is 10.2. The fraction of sp³-hybridized carbons (Fsp3) is 0.100. The van der Waals surface area contributed by atoms with E-state index in [2.05, 4.69) is 10.3 Å². The molecule has 5 heteroatoms. The van der Waals surface area contributed by atoms with Crippen LogP contribution < -0.4 is 5.32 Å². The minimum Gasteiger partial charge on any atom is -0.478 e. The Morgan fingerprint density at radius 1 is 1.47 bits per heavy atom. The van der Waals surface area contributed by atoms with Gasteiger partial charge in [-0.2, -0.15) is 0 Å². The third-order valence-corrected chi connectivity index (χ3v) is 1.47. The molecule has 0 fully saturated rings. The molecule has 0 atom stereocenters. The molecule has 1 rings (SSSR count). The van der Waals surface area contributed by atoms with Crippen LogP contribution in [0.2, 0.25) is 0 Å². The Morgan fingerprint density at radius 2 is 2.20 bits per heavy atom. The first-order chi connectivity index (χ1) is 7.08. The smallest absolute Gasteiger partial charge is 0.328 e. The van der Waals surface area contributed by atoms with Gasteiger partial charge in [0.05, 0.1) is 5.69 Å². The number of nitrogens with zero attached hydrogens (tertiary/aromatic N) is 1. The molecule has 0 saturated carbocycles. The number of carboxylic acid groups (broad SMARTS) is 1. The number of nitrogens with one attached hydrogen (secondary N) is 1. The molecule has 5 nitrogen and oxygen atoms in total. The van der Waals surface area contributed by atoms with E-state index in [9.17, 15) is 9.59 Å². The van der Waals surface area contributed by atoms with Crippen LogP contribution >= 0.6 is 0 Å². The topological polar surface area (TPSA) is 79.3 Å². The molecule has 15 heavy (non-hydrogen) atoms. The van der Waals surface area contributed by atoms with Gasteiger partial charge in [0.15, 0.2) is 0 Å². The average Bonchev–Trinajstić information content (AvgIpc) is 2.14. The maximum atomic E-state index is 10.7. The molecule has 0 bridgehead atoms. The molecule has 1 aromatic heterocycles. The number of carboxylic acids is 1. The summed E-state index contributed by atoms with van der Waals surface area (Å²) in [7, 11) is 0. The SMILES string of the molecule is CC(=O)Nc1cccc(/C=C/C(=O)O)n1. The molecule has 0 aliphatic heterocycles. The van der Waals surface area contributed by atoms with Crippen molar-refractivity contribution in [3.8, 4) is 0 Å². The summed E-state index contributed by atoms with van der Waals surface area (Å²) in [5.41, 5.74) is 0.476. The van der Waals surface area contributed by atoms with Crippen LogP contribution in [0.4, 0.5) is 5.82 Å². The summed E-state index contributed by atoms with van der Waals surface area (Å²) in [5.74, 6) is -0.862. The summed E-state index contributed by atoms with van der Waals surface area (Å²) in [4.78, 5) is 25.0. The molecule has 2 N–H and O–H groups in total. The van der Waals surface area contributed by atoms with Gasteiger partial charge >= 0.3 is 5.97 Å². The Morgan fingerprint density at radius 3 is 2.80 bits per heavy atom. The quantitative estimate of drug-likeness (QED) is 0.727. The van der Waals surface area contributed by atoms with Gasteiger partial charge < -0.3 is 10.4 Å². The first-order valence-electron chi connectivity index (χ1n) is 4.23. The Kier molecular flexibility index (Phi) is 3.56. The van der Waals surface area contributed by atoms with E-state index < -0.39 is 5.97 Å². The van der Waals surface area contributed by atoms with Gasteiger partial charge in [-0.3, -0.25) is 4.79 Å². The summed E-state index contributed by atoms with van der Waals surface area (Å²) < 4.78 is 0. The standard InChI is InChI=1S/C10H10N2O3/c1-7(13)11-9-4-2-3-8(12-9)5-6-10(14)15/h2-6H,1H3,(H,14,15)(H,11,12,13)/b6-5+. The van der Waals surface area contributed by atoms with Crippen molar-refractivity contribution in [3.63, 3.8) is 0 Å². The van der Waals surface area contributed by atoms with E-state index in [1.54, 1.807) is 18.2 Å². The number of anilines is 1. The minimum atomic E-state index is -1.04. The molecular formula is C10H10N2O3. The predicted octanol–water partition coefficient (Wildman–Crippen LogP) is 1.14. The highest BCUT2D eigenvalue weighted by Crippen LogP contribution is 2.05. The van der Waals surface area contributed by atoms with E-state index in [0.29, 0.717) is 11.5 Å². The first kappa shape index (κ1) is 10.9. The van der Waals surface area contributed by atoms with E-state index in [-0.39, 0.29) is 5.91 Å². The lowest BCUT2D eigenvalue weighted by molar-refractivity contribution is -0.131. The van der Waals surface area contributed by atoms with Gasteiger partial charge in [0.2, 0.25) is 5.91 Å². The number of hydrogen-bond acceptors (Lipinski definition) is 3. The molecule has 0 saturated heterocycles. The molecule has 0 aromatic carbocycles. The Bertz CT molecular complexity index is 413. The van der Waals surface area contributed by atoms with Crippen molar-refractivity contribution in [2.45, 2.75) is 6.92 Å². The fourth-order valence-corrected chi connectivity index (χ4v) is 0.951. The molecule has 1 amide bonds. The lowest BCUT2D eigenvalue weighted by atomic mass is 10.3. The largest absolute Gasteiger partial charge is 0.478 e. The second-order valence-electron chi connectivity index (χ2n) is 2.80. The van der Waals surface area contributed by atoms with Crippen LogP contribution in [0.15, 0.2) is 24.3 Å². The molecule has 78 valence electrons. The number of aromatic nitrogens is 1. The summed E-state index contributed by atoms with van der Waals surface area (Å²) in [6.45, 7) is 1.38. The number of pyridine rings is 1. The van der Waals surface area contributed by atoms with Crippen molar-refractivity contribution in [3.05, 3.63) is 30.0 Å². The van der Waals surface area contributed by atoms with Crippen LogP contribution in [0.5, 0.6) is 0 Å². The molecule has 1 aromatic rings. The van der Waals surface area contributed by atoms with Crippen LogP contribution in [-0.4, -0.2) is 22.0 Å². The van der Waals surface area contributed by atoms with Gasteiger partial charge in [0.25, 0.3) is 0 Å². The van der Waals surface area contributed by atoms with Gasteiger partial charge in [0.1, 0.15) is 5.82 Å². The maximum Gasteiger partial charge on any atom is 0.328 e. The first-order valence-corrected chi connectivity index (χ1v) is 4.23. The highest BCUT2D eigenvalue weighted by Gasteiger charge is 1.97. The van der Waals surface area contributed by atoms with Crippen molar-refractivity contribution < 1.29 is 14.7 Å². The van der Waals surface area contributed by atoms with E-state index in [0.717, 1.165) is 6.08 Å². The van der Waals surface area contributed by atoms with Crippen molar-refractivity contribution in [2.75, 3.05) is 5.32 Å². The zero-order valence-electron chi connectivity index (χ0n) is 8.10. The van der Waals surface area contributed by atoms with Gasteiger partial charge in [0, 0.05) is 13.0 Å². The van der Waals surface area contributed by atoms with Crippen molar-refractivity contribution in [2.24, 2.45) is 0 Å². The number of rotatable bonds is 3. The van der Waals surface area contributed by atoms with Crippen molar-refractivity contribution in [1.29, 1.82) is 0 Å². The molecule has 0 radical (unpaired) electrons. The van der Waals surface area contributed by atoms with Crippen LogP contribution in [0.3, 0.4) is 0 Å². The van der Waals surface area contributed by atoms with Crippen LogP contribution in [0.1, 0.15) is 12.6 Å². The fourth-order valence-electron chi connectivity index (χ4n) is 0.951. The molecule has 1 heterocycles. The lowest BCUT2D eigenvalue weighted by Gasteiger charge is -2.00. The van der Waals surface area contributed by atoms with Gasteiger partial charge in [-0.1, -0.05) is 6.07 Å². The van der Waals surface area contributed by atoms with Gasteiger partial charge in [-0.05, 0) is 18.2 Å². The number of carbonyl (C=O) groups is 2. The van der Waals surface area contributed by atoms with Gasteiger partial charge in [-0.15, -0.1) is 0 Å². The molecule has 0 unspecified atom stereocenters. The summed E-state index contributed by atoms with van der Waals surface area (Å²) in [6, 6.07) is 4.95. The minimum absolute atomic E-state index is 0.220. The van der Waals surface area contributed by atoms with Crippen LogP contribution in [0.25, 0.3) is 6.08 Å². The molecular weight excluding hydrogens is 196 g/mol. The van der Waals surface area contributed by atoms with E-state index in [4.69, 9.17) is 5.11 Å². The van der Waals surface area contributed by atoms with E-state index >= 15 is 0 Å². The zero-order chi connectivity index (χ0) is 11.3.